The SMILES string of the molecule is O=C(O)CCCc1cnc2ccc(Br)cc2c1. The monoisotopic (exact) mass is 293 g/mol. The molecule has 0 aliphatic heterocycles. The second kappa shape index (κ2) is 5.27. The van der Waals surface area contributed by atoms with Crippen LogP contribution in [0.1, 0.15) is 18.4 Å². The molecule has 3 nitrogen and oxygen atoms in total. The second-order valence-corrected chi connectivity index (χ2v) is 4.84. The van der Waals surface area contributed by atoms with Crippen molar-refractivity contribution >= 4 is 32.8 Å². The lowest BCUT2D eigenvalue weighted by molar-refractivity contribution is -0.137. The van der Waals surface area contributed by atoms with Gasteiger partial charge in [0.15, 0.2) is 0 Å². The predicted octanol–water partition coefficient (Wildman–Crippen LogP) is 3.40. The maximum Gasteiger partial charge on any atom is 0.303 e. The number of carboxylic acid groups (broad SMARTS) is 1. The molecule has 2 aromatic rings. The van der Waals surface area contributed by atoms with Crippen molar-refractivity contribution in [1.29, 1.82) is 0 Å². The van der Waals surface area contributed by atoms with Crippen LogP contribution in [-0.4, -0.2) is 16.1 Å². The van der Waals surface area contributed by atoms with Gasteiger partial charge in [0.25, 0.3) is 0 Å². The summed E-state index contributed by atoms with van der Waals surface area (Å²) in [7, 11) is 0. The highest BCUT2D eigenvalue weighted by molar-refractivity contribution is 9.10. The molecule has 0 fully saturated rings. The van der Waals surface area contributed by atoms with Crippen LogP contribution in [0.3, 0.4) is 0 Å². The fourth-order valence-electron chi connectivity index (χ4n) is 1.73. The summed E-state index contributed by atoms with van der Waals surface area (Å²) in [5.41, 5.74) is 2.03. The van der Waals surface area contributed by atoms with E-state index in [9.17, 15) is 4.79 Å². The first-order valence-electron chi connectivity index (χ1n) is 5.41. The Labute approximate surface area is 108 Å². The molecule has 0 radical (unpaired) electrons. The summed E-state index contributed by atoms with van der Waals surface area (Å²) in [6.07, 6.45) is 3.42. The Morgan fingerprint density at radius 3 is 2.94 bits per heavy atom. The number of aliphatic carboxylic acids is 1. The largest absolute Gasteiger partial charge is 0.481 e. The van der Waals surface area contributed by atoms with E-state index in [0.717, 1.165) is 27.4 Å². The predicted molar refractivity (Wildman–Crippen MR) is 70.0 cm³/mol. The molecule has 1 aromatic heterocycles. The summed E-state index contributed by atoms with van der Waals surface area (Å²) < 4.78 is 1.02. The van der Waals surface area contributed by atoms with Gasteiger partial charge >= 0.3 is 5.97 Å². The number of nitrogens with zero attached hydrogens (tertiary/aromatic N) is 1. The molecule has 0 saturated heterocycles. The van der Waals surface area contributed by atoms with Crippen LogP contribution in [0, 0.1) is 0 Å². The van der Waals surface area contributed by atoms with Crippen molar-refractivity contribution in [2.75, 3.05) is 0 Å². The van der Waals surface area contributed by atoms with Crippen molar-refractivity contribution in [3.8, 4) is 0 Å². The zero-order valence-corrected chi connectivity index (χ0v) is 10.8. The van der Waals surface area contributed by atoms with Gasteiger partial charge in [-0.3, -0.25) is 9.78 Å². The van der Waals surface area contributed by atoms with Gasteiger partial charge in [0.2, 0.25) is 0 Å². The van der Waals surface area contributed by atoms with E-state index < -0.39 is 5.97 Å². The minimum absolute atomic E-state index is 0.205. The van der Waals surface area contributed by atoms with Crippen LogP contribution < -0.4 is 0 Å². The first-order chi connectivity index (χ1) is 8.15. The number of halogens is 1. The van der Waals surface area contributed by atoms with Crippen molar-refractivity contribution in [3.63, 3.8) is 0 Å². The zero-order valence-electron chi connectivity index (χ0n) is 9.19. The summed E-state index contributed by atoms with van der Waals surface area (Å²) in [4.78, 5) is 14.8. The van der Waals surface area contributed by atoms with Crippen molar-refractivity contribution in [2.24, 2.45) is 0 Å². The third kappa shape index (κ3) is 3.27. The van der Waals surface area contributed by atoms with Gasteiger partial charge in [0, 0.05) is 22.5 Å². The molecule has 0 spiro atoms. The molecule has 0 unspecified atom stereocenters. The lowest BCUT2D eigenvalue weighted by atomic mass is 10.1. The lowest BCUT2D eigenvalue weighted by Gasteiger charge is -2.02. The van der Waals surface area contributed by atoms with Crippen LogP contribution in [-0.2, 0) is 11.2 Å². The standard InChI is InChI=1S/C13H12BrNO2/c14-11-4-5-12-10(7-11)6-9(8-15-12)2-1-3-13(16)17/h4-8H,1-3H2,(H,16,17). The number of carbonyl (C=O) groups is 1. The number of benzene rings is 1. The third-order valence-corrected chi connectivity index (χ3v) is 3.05. The molecule has 0 bridgehead atoms. The Morgan fingerprint density at radius 2 is 2.18 bits per heavy atom. The van der Waals surface area contributed by atoms with Crippen molar-refractivity contribution in [3.05, 3.63) is 40.5 Å². The number of hydrogen-bond donors (Lipinski definition) is 1. The van der Waals surface area contributed by atoms with Crippen molar-refractivity contribution in [2.45, 2.75) is 19.3 Å². The van der Waals surface area contributed by atoms with Crippen LogP contribution in [0.2, 0.25) is 0 Å². The quantitative estimate of drug-likeness (QED) is 0.940. The summed E-state index contributed by atoms with van der Waals surface area (Å²) in [5.74, 6) is -0.749. The van der Waals surface area contributed by atoms with E-state index in [0.29, 0.717) is 6.42 Å². The smallest absolute Gasteiger partial charge is 0.303 e. The summed E-state index contributed by atoms with van der Waals surface area (Å²) in [6, 6.07) is 8.00. The molecule has 0 aliphatic carbocycles. The molecule has 0 saturated carbocycles. The van der Waals surface area contributed by atoms with Gasteiger partial charge in [-0.2, -0.15) is 0 Å². The van der Waals surface area contributed by atoms with Gasteiger partial charge in [-0.15, -0.1) is 0 Å². The highest BCUT2D eigenvalue weighted by atomic mass is 79.9. The molecular formula is C13H12BrNO2. The normalized spacial score (nSPS) is 10.6. The summed E-state index contributed by atoms with van der Waals surface area (Å²) in [5, 5.41) is 9.65. The van der Waals surface area contributed by atoms with Crippen molar-refractivity contribution < 1.29 is 9.90 Å². The molecule has 88 valence electrons. The van der Waals surface area contributed by atoms with E-state index >= 15 is 0 Å². The Kier molecular flexibility index (Phi) is 3.74. The number of fused-ring (bicyclic) bond motifs is 1. The average molecular weight is 294 g/mol. The van der Waals surface area contributed by atoms with E-state index in [2.05, 4.69) is 27.0 Å². The van der Waals surface area contributed by atoms with Crippen molar-refractivity contribution in [1.82, 2.24) is 4.98 Å². The first kappa shape index (κ1) is 12.0. The minimum atomic E-state index is -0.749. The maximum absolute atomic E-state index is 10.4. The van der Waals surface area contributed by atoms with E-state index in [1.807, 2.05) is 24.4 Å². The van der Waals surface area contributed by atoms with Gasteiger partial charge in [-0.25, -0.2) is 0 Å². The molecule has 2 rings (SSSR count). The molecular weight excluding hydrogens is 282 g/mol. The first-order valence-corrected chi connectivity index (χ1v) is 6.20. The van der Waals surface area contributed by atoms with Crippen LogP contribution in [0.5, 0.6) is 0 Å². The Balaban J connectivity index is 2.16. The van der Waals surface area contributed by atoms with Crippen LogP contribution in [0.15, 0.2) is 34.9 Å². The number of pyridine rings is 1. The number of carboxylic acids is 1. The Morgan fingerprint density at radius 1 is 1.35 bits per heavy atom. The van der Waals surface area contributed by atoms with Gasteiger partial charge in [-0.05, 0) is 42.7 Å². The summed E-state index contributed by atoms with van der Waals surface area (Å²) in [6.45, 7) is 0. The zero-order chi connectivity index (χ0) is 12.3. The third-order valence-electron chi connectivity index (χ3n) is 2.56. The number of hydrogen-bond acceptors (Lipinski definition) is 2. The van der Waals surface area contributed by atoms with Gasteiger partial charge in [0.05, 0.1) is 5.52 Å². The van der Waals surface area contributed by atoms with E-state index in [1.165, 1.54) is 0 Å². The fourth-order valence-corrected chi connectivity index (χ4v) is 2.11. The Hall–Kier alpha value is -1.42. The van der Waals surface area contributed by atoms with Crippen LogP contribution >= 0.6 is 15.9 Å². The number of rotatable bonds is 4. The summed E-state index contributed by atoms with van der Waals surface area (Å²) >= 11 is 3.42. The fraction of sp³-hybridized carbons (Fsp3) is 0.231. The number of aryl methyl sites for hydroxylation is 1. The molecule has 1 heterocycles. The van der Waals surface area contributed by atoms with Gasteiger partial charge in [0.1, 0.15) is 0 Å². The van der Waals surface area contributed by atoms with Crippen LogP contribution in [0.4, 0.5) is 0 Å². The molecule has 17 heavy (non-hydrogen) atoms. The molecule has 0 amide bonds. The molecule has 0 atom stereocenters. The van der Waals surface area contributed by atoms with E-state index in [1.54, 1.807) is 0 Å². The maximum atomic E-state index is 10.4. The number of aromatic nitrogens is 1. The second-order valence-electron chi connectivity index (χ2n) is 3.93. The topological polar surface area (TPSA) is 50.2 Å². The minimum Gasteiger partial charge on any atom is -0.481 e. The highest BCUT2D eigenvalue weighted by Gasteiger charge is 2.01. The van der Waals surface area contributed by atoms with Gasteiger partial charge < -0.3 is 5.11 Å². The van der Waals surface area contributed by atoms with E-state index in [-0.39, 0.29) is 6.42 Å². The molecule has 4 heteroatoms. The molecule has 1 aromatic carbocycles. The Bertz CT molecular complexity index is 554. The molecule has 0 aliphatic rings. The molecule has 1 N–H and O–H groups in total. The van der Waals surface area contributed by atoms with E-state index in [4.69, 9.17) is 5.11 Å². The van der Waals surface area contributed by atoms with Crippen LogP contribution in [0.25, 0.3) is 10.9 Å². The van der Waals surface area contributed by atoms with Gasteiger partial charge in [-0.1, -0.05) is 15.9 Å². The average Bonchev–Trinajstić information content (AvgIpc) is 2.28. The highest BCUT2D eigenvalue weighted by Crippen LogP contribution is 2.19. The lowest BCUT2D eigenvalue weighted by Crippen LogP contribution is -1.96.